The summed E-state index contributed by atoms with van der Waals surface area (Å²) in [7, 11) is 1.72. The van der Waals surface area contributed by atoms with Gasteiger partial charge in [0.1, 0.15) is 6.04 Å². The molecule has 106 valence electrons. The highest BCUT2D eigenvalue weighted by Crippen LogP contribution is 2.14. The monoisotopic (exact) mass is 273 g/mol. The lowest BCUT2D eigenvalue weighted by Gasteiger charge is -2.20. The number of carbonyl (C=O) groups is 2. The lowest BCUT2D eigenvalue weighted by Crippen LogP contribution is -2.45. The standard InChI is InChI=1S/C15H19N3O2/c1-4-18(3)15(20)10(2)17-14(19)12-6-5-11-7-8-16-13(11)9-12/h5-10,16H,4H2,1-3H3,(H,17,19). The summed E-state index contributed by atoms with van der Waals surface area (Å²) in [6.45, 7) is 4.21. The Morgan fingerprint density at radius 2 is 2.10 bits per heavy atom. The van der Waals surface area contributed by atoms with Gasteiger partial charge in [0, 0.05) is 30.9 Å². The van der Waals surface area contributed by atoms with Crippen LogP contribution in [0.5, 0.6) is 0 Å². The Labute approximate surface area is 118 Å². The van der Waals surface area contributed by atoms with Crippen molar-refractivity contribution in [3.8, 4) is 0 Å². The minimum atomic E-state index is -0.535. The molecule has 0 spiro atoms. The Balaban J connectivity index is 2.09. The van der Waals surface area contributed by atoms with Crippen LogP contribution in [-0.4, -0.2) is 41.3 Å². The van der Waals surface area contributed by atoms with Gasteiger partial charge < -0.3 is 15.2 Å². The van der Waals surface area contributed by atoms with Crippen molar-refractivity contribution in [1.82, 2.24) is 15.2 Å². The van der Waals surface area contributed by atoms with Gasteiger partial charge in [-0.3, -0.25) is 9.59 Å². The highest BCUT2D eigenvalue weighted by atomic mass is 16.2. The van der Waals surface area contributed by atoms with Gasteiger partial charge in [-0.2, -0.15) is 0 Å². The van der Waals surface area contributed by atoms with E-state index < -0.39 is 6.04 Å². The number of likely N-dealkylation sites (N-methyl/N-ethyl adjacent to an activating group) is 1. The van der Waals surface area contributed by atoms with Crippen LogP contribution in [0.4, 0.5) is 0 Å². The number of amides is 2. The number of hydrogen-bond donors (Lipinski definition) is 2. The lowest BCUT2D eigenvalue weighted by molar-refractivity contribution is -0.131. The van der Waals surface area contributed by atoms with Gasteiger partial charge in [0.15, 0.2) is 0 Å². The number of hydrogen-bond acceptors (Lipinski definition) is 2. The first-order chi connectivity index (χ1) is 9.52. The van der Waals surface area contributed by atoms with Gasteiger partial charge in [-0.25, -0.2) is 0 Å². The molecule has 1 unspecified atom stereocenters. The second-order valence-corrected chi connectivity index (χ2v) is 4.83. The first kappa shape index (κ1) is 14.1. The van der Waals surface area contributed by atoms with Gasteiger partial charge in [-0.1, -0.05) is 6.07 Å². The van der Waals surface area contributed by atoms with E-state index in [-0.39, 0.29) is 11.8 Å². The summed E-state index contributed by atoms with van der Waals surface area (Å²) in [5.41, 5.74) is 1.45. The Kier molecular flexibility index (Phi) is 4.08. The summed E-state index contributed by atoms with van der Waals surface area (Å²) in [6.07, 6.45) is 1.83. The van der Waals surface area contributed by atoms with Gasteiger partial charge >= 0.3 is 0 Å². The molecule has 5 heteroatoms. The van der Waals surface area contributed by atoms with Crippen LogP contribution in [0.25, 0.3) is 10.9 Å². The van der Waals surface area contributed by atoms with E-state index in [9.17, 15) is 9.59 Å². The summed E-state index contributed by atoms with van der Waals surface area (Å²) in [5, 5.41) is 3.78. The Morgan fingerprint density at radius 1 is 1.35 bits per heavy atom. The normalized spacial score (nSPS) is 12.2. The molecular weight excluding hydrogens is 254 g/mol. The molecule has 0 aliphatic rings. The van der Waals surface area contributed by atoms with Crippen LogP contribution in [0.1, 0.15) is 24.2 Å². The molecule has 0 aliphatic heterocycles. The van der Waals surface area contributed by atoms with Crippen molar-refractivity contribution in [3.05, 3.63) is 36.0 Å². The average Bonchev–Trinajstić information content (AvgIpc) is 2.92. The molecule has 1 aromatic heterocycles. The molecule has 0 saturated carbocycles. The molecule has 2 N–H and O–H groups in total. The third kappa shape index (κ3) is 2.82. The van der Waals surface area contributed by atoms with E-state index in [0.29, 0.717) is 12.1 Å². The number of aromatic nitrogens is 1. The van der Waals surface area contributed by atoms with Gasteiger partial charge in [-0.05, 0) is 37.4 Å². The van der Waals surface area contributed by atoms with Gasteiger partial charge in [0.05, 0.1) is 0 Å². The molecule has 0 aliphatic carbocycles. The minimum absolute atomic E-state index is 0.0956. The summed E-state index contributed by atoms with van der Waals surface area (Å²) < 4.78 is 0. The number of nitrogens with zero attached hydrogens (tertiary/aromatic N) is 1. The number of carbonyl (C=O) groups excluding carboxylic acids is 2. The summed E-state index contributed by atoms with van der Waals surface area (Å²) in [5.74, 6) is -0.339. The molecule has 1 atom stereocenters. The summed E-state index contributed by atoms with van der Waals surface area (Å²) in [4.78, 5) is 28.7. The van der Waals surface area contributed by atoms with Crippen molar-refractivity contribution in [2.24, 2.45) is 0 Å². The Bertz CT molecular complexity index is 633. The fourth-order valence-electron chi connectivity index (χ4n) is 2.02. The number of rotatable bonds is 4. The number of aromatic amines is 1. The fraction of sp³-hybridized carbons (Fsp3) is 0.333. The molecule has 0 bridgehead atoms. The first-order valence-electron chi connectivity index (χ1n) is 6.66. The molecule has 2 aromatic rings. The van der Waals surface area contributed by atoms with E-state index in [0.717, 1.165) is 10.9 Å². The van der Waals surface area contributed by atoms with Crippen LogP contribution in [-0.2, 0) is 4.79 Å². The van der Waals surface area contributed by atoms with Crippen molar-refractivity contribution in [1.29, 1.82) is 0 Å². The van der Waals surface area contributed by atoms with Gasteiger partial charge in [0.2, 0.25) is 5.91 Å². The minimum Gasteiger partial charge on any atom is -0.361 e. The van der Waals surface area contributed by atoms with Crippen molar-refractivity contribution >= 4 is 22.7 Å². The van der Waals surface area contributed by atoms with Crippen molar-refractivity contribution in [3.63, 3.8) is 0 Å². The molecule has 0 saturated heterocycles. The quantitative estimate of drug-likeness (QED) is 0.891. The smallest absolute Gasteiger partial charge is 0.251 e. The van der Waals surface area contributed by atoms with Crippen LogP contribution in [0.2, 0.25) is 0 Å². The zero-order chi connectivity index (χ0) is 14.7. The zero-order valence-corrected chi connectivity index (χ0v) is 11.9. The predicted molar refractivity (Wildman–Crippen MR) is 78.5 cm³/mol. The van der Waals surface area contributed by atoms with E-state index in [1.165, 1.54) is 0 Å². The Hall–Kier alpha value is -2.30. The third-order valence-corrected chi connectivity index (χ3v) is 3.39. The van der Waals surface area contributed by atoms with Crippen LogP contribution in [0.15, 0.2) is 30.5 Å². The van der Waals surface area contributed by atoms with Crippen LogP contribution in [0.3, 0.4) is 0 Å². The third-order valence-electron chi connectivity index (χ3n) is 3.39. The summed E-state index contributed by atoms with van der Waals surface area (Å²) >= 11 is 0. The molecule has 20 heavy (non-hydrogen) atoms. The zero-order valence-electron chi connectivity index (χ0n) is 11.9. The van der Waals surface area contributed by atoms with E-state index in [1.807, 2.05) is 25.3 Å². The molecule has 2 rings (SSSR count). The second-order valence-electron chi connectivity index (χ2n) is 4.83. The number of H-pyrrole nitrogens is 1. The summed E-state index contributed by atoms with van der Waals surface area (Å²) in [6, 6.07) is 6.83. The average molecular weight is 273 g/mol. The lowest BCUT2D eigenvalue weighted by atomic mass is 10.1. The van der Waals surface area contributed by atoms with Gasteiger partial charge in [0.25, 0.3) is 5.91 Å². The molecule has 1 heterocycles. The largest absolute Gasteiger partial charge is 0.361 e. The number of fused-ring (bicyclic) bond motifs is 1. The van der Waals surface area contributed by atoms with Crippen molar-refractivity contribution < 1.29 is 9.59 Å². The maximum atomic E-state index is 12.1. The van der Waals surface area contributed by atoms with Crippen molar-refractivity contribution in [2.45, 2.75) is 19.9 Å². The second kappa shape index (κ2) is 5.77. The predicted octanol–water partition coefficient (Wildman–Crippen LogP) is 1.76. The topological polar surface area (TPSA) is 65.2 Å². The van der Waals surface area contributed by atoms with E-state index in [2.05, 4.69) is 10.3 Å². The molecule has 0 radical (unpaired) electrons. The van der Waals surface area contributed by atoms with Crippen LogP contribution < -0.4 is 5.32 Å². The molecular formula is C15H19N3O2. The highest BCUT2D eigenvalue weighted by Gasteiger charge is 2.19. The van der Waals surface area contributed by atoms with E-state index in [4.69, 9.17) is 0 Å². The fourth-order valence-corrected chi connectivity index (χ4v) is 2.02. The van der Waals surface area contributed by atoms with Crippen LogP contribution >= 0.6 is 0 Å². The van der Waals surface area contributed by atoms with Gasteiger partial charge in [-0.15, -0.1) is 0 Å². The molecule has 2 amide bonds. The van der Waals surface area contributed by atoms with Crippen LogP contribution in [0, 0.1) is 0 Å². The first-order valence-corrected chi connectivity index (χ1v) is 6.66. The maximum absolute atomic E-state index is 12.1. The molecule has 0 fully saturated rings. The Morgan fingerprint density at radius 3 is 2.80 bits per heavy atom. The van der Waals surface area contributed by atoms with E-state index in [1.54, 1.807) is 31.0 Å². The SMILES string of the molecule is CCN(C)C(=O)C(C)NC(=O)c1ccc2cc[nH]c2c1. The van der Waals surface area contributed by atoms with E-state index >= 15 is 0 Å². The molecule has 5 nitrogen and oxygen atoms in total. The maximum Gasteiger partial charge on any atom is 0.251 e. The number of benzene rings is 1. The number of nitrogens with one attached hydrogen (secondary N) is 2. The van der Waals surface area contributed by atoms with Crippen molar-refractivity contribution in [2.75, 3.05) is 13.6 Å². The molecule has 1 aromatic carbocycles. The highest BCUT2D eigenvalue weighted by molar-refractivity contribution is 6.00.